The number of rotatable bonds is 3. The van der Waals surface area contributed by atoms with Gasteiger partial charge in [-0.1, -0.05) is 0 Å². The van der Waals surface area contributed by atoms with Gasteiger partial charge in [0.2, 0.25) is 6.41 Å². The first-order valence-corrected chi connectivity index (χ1v) is 3.09. The summed E-state index contributed by atoms with van der Waals surface area (Å²) in [5.74, 6) is 0. The quantitative estimate of drug-likeness (QED) is 0.475. The third kappa shape index (κ3) is 1.99. The summed E-state index contributed by atoms with van der Waals surface area (Å²) < 4.78 is 0. The highest BCUT2D eigenvalue weighted by Crippen LogP contribution is 1.91. The molecular weight excluding hydrogens is 118 g/mol. The van der Waals surface area contributed by atoms with E-state index in [4.69, 9.17) is 0 Å². The van der Waals surface area contributed by atoms with E-state index in [2.05, 4.69) is 10.7 Å². The van der Waals surface area contributed by atoms with Crippen LogP contribution in [0.1, 0.15) is 6.42 Å². The van der Waals surface area contributed by atoms with Crippen LogP contribution in [-0.2, 0) is 4.79 Å². The van der Waals surface area contributed by atoms with E-state index < -0.39 is 0 Å². The standard InChI is InChI=1S/C5H11N3O/c9-5-6-4-8-3-1-2-7-8/h5,7H,1-4H2,(H,6,9). The molecule has 0 spiro atoms. The number of hydrazine groups is 1. The Bertz CT molecular complexity index is 90.2. The minimum absolute atomic E-state index is 0.615. The minimum Gasteiger partial charge on any atom is -0.345 e. The lowest BCUT2D eigenvalue weighted by Crippen LogP contribution is -2.38. The zero-order valence-corrected chi connectivity index (χ0v) is 5.26. The van der Waals surface area contributed by atoms with Crippen molar-refractivity contribution in [2.75, 3.05) is 19.8 Å². The molecule has 4 nitrogen and oxygen atoms in total. The SMILES string of the molecule is O=CNCN1CCCN1. The van der Waals surface area contributed by atoms with Crippen LogP contribution in [0, 0.1) is 0 Å². The molecule has 1 amide bonds. The molecule has 2 N–H and O–H groups in total. The maximum atomic E-state index is 9.80. The van der Waals surface area contributed by atoms with Crippen molar-refractivity contribution in [3.05, 3.63) is 0 Å². The van der Waals surface area contributed by atoms with E-state index in [-0.39, 0.29) is 0 Å². The predicted octanol–water partition coefficient (Wildman–Crippen LogP) is -1.10. The van der Waals surface area contributed by atoms with Gasteiger partial charge in [-0.2, -0.15) is 0 Å². The lowest BCUT2D eigenvalue weighted by Gasteiger charge is -2.12. The highest BCUT2D eigenvalue weighted by Gasteiger charge is 2.07. The molecule has 0 aliphatic carbocycles. The van der Waals surface area contributed by atoms with Crippen molar-refractivity contribution in [3.8, 4) is 0 Å². The normalized spacial score (nSPS) is 20.0. The minimum atomic E-state index is 0.615. The molecule has 1 saturated heterocycles. The number of nitrogens with one attached hydrogen (secondary N) is 2. The van der Waals surface area contributed by atoms with Crippen molar-refractivity contribution in [2.24, 2.45) is 0 Å². The molecule has 1 rings (SSSR count). The van der Waals surface area contributed by atoms with Crippen LogP contribution in [0.15, 0.2) is 0 Å². The second-order valence-electron chi connectivity index (χ2n) is 2.01. The van der Waals surface area contributed by atoms with Crippen LogP contribution in [0.3, 0.4) is 0 Å². The van der Waals surface area contributed by atoms with Crippen LogP contribution < -0.4 is 10.7 Å². The fourth-order valence-electron chi connectivity index (χ4n) is 0.869. The van der Waals surface area contributed by atoms with Crippen LogP contribution in [0.2, 0.25) is 0 Å². The summed E-state index contributed by atoms with van der Waals surface area (Å²) in [6.45, 7) is 2.67. The van der Waals surface area contributed by atoms with Gasteiger partial charge >= 0.3 is 0 Å². The maximum Gasteiger partial charge on any atom is 0.208 e. The molecule has 0 aromatic carbocycles. The molecule has 1 heterocycles. The Labute approximate surface area is 54.2 Å². The Balaban J connectivity index is 2.04. The summed E-state index contributed by atoms with van der Waals surface area (Å²) in [6.07, 6.45) is 1.88. The first-order chi connectivity index (χ1) is 4.43. The Morgan fingerprint density at radius 2 is 2.67 bits per heavy atom. The summed E-state index contributed by atoms with van der Waals surface area (Å²) >= 11 is 0. The van der Waals surface area contributed by atoms with Gasteiger partial charge in [0.1, 0.15) is 0 Å². The number of nitrogens with zero attached hydrogens (tertiary/aromatic N) is 1. The van der Waals surface area contributed by atoms with E-state index in [9.17, 15) is 4.79 Å². The van der Waals surface area contributed by atoms with Gasteiger partial charge in [-0.05, 0) is 6.42 Å². The second-order valence-corrected chi connectivity index (χ2v) is 2.01. The molecule has 9 heavy (non-hydrogen) atoms. The molecule has 0 atom stereocenters. The van der Waals surface area contributed by atoms with Gasteiger partial charge in [-0.3, -0.25) is 10.2 Å². The summed E-state index contributed by atoms with van der Waals surface area (Å²) in [7, 11) is 0. The highest BCUT2D eigenvalue weighted by atomic mass is 16.1. The fraction of sp³-hybridized carbons (Fsp3) is 0.800. The molecule has 0 radical (unpaired) electrons. The van der Waals surface area contributed by atoms with Crippen molar-refractivity contribution in [3.63, 3.8) is 0 Å². The molecule has 0 aromatic heterocycles. The van der Waals surface area contributed by atoms with Crippen LogP contribution in [0.4, 0.5) is 0 Å². The summed E-state index contributed by atoms with van der Waals surface area (Å²) in [5, 5.41) is 4.55. The Kier molecular flexibility index (Phi) is 2.48. The molecule has 4 heteroatoms. The predicted molar refractivity (Wildman–Crippen MR) is 33.4 cm³/mol. The molecule has 52 valence electrons. The Morgan fingerprint density at radius 3 is 3.22 bits per heavy atom. The van der Waals surface area contributed by atoms with Gasteiger partial charge < -0.3 is 5.32 Å². The van der Waals surface area contributed by atoms with Crippen LogP contribution in [0.5, 0.6) is 0 Å². The van der Waals surface area contributed by atoms with E-state index in [1.165, 1.54) is 6.42 Å². The van der Waals surface area contributed by atoms with Crippen LogP contribution in [-0.4, -0.2) is 31.2 Å². The molecule has 0 saturated carbocycles. The molecule has 0 aromatic rings. The van der Waals surface area contributed by atoms with E-state index in [0.717, 1.165) is 13.1 Å². The van der Waals surface area contributed by atoms with Gasteiger partial charge in [0, 0.05) is 13.1 Å². The second kappa shape index (κ2) is 3.42. The summed E-state index contributed by atoms with van der Waals surface area (Å²) in [6, 6.07) is 0. The van der Waals surface area contributed by atoms with Crippen molar-refractivity contribution >= 4 is 6.41 Å². The Hall–Kier alpha value is -0.610. The Morgan fingerprint density at radius 1 is 1.78 bits per heavy atom. The topological polar surface area (TPSA) is 44.4 Å². The van der Waals surface area contributed by atoms with Crippen molar-refractivity contribution in [1.82, 2.24) is 15.8 Å². The van der Waals surface area contributed by atoms with Gasteiger partial charge in [0.25, 0.3) is 0 Å². The third-order valence-corrected chi connectivity index (χ3v) is 1.31. The lowest BCUT2D eigenvalue weighted by atomic mass is 10.5. The van der Waals surface area contributed by atoms with Crippen molar-refractivity contribution in [2.45, 2.75) is 6.42 Å². The first-order valence-electron chi connectivity index (χ1n) is 3.09. The van der Waals surface area contributed by atoms with Crippen LogP contribution in [0.25, 0.3) is 0 Å². The summed E-state index contributed by atoms with van der Waals surface area (Å²) in [4.78, 5) is 9.80. The largest absolute Gasteiger partial charge is 0.345 e. The van der Waals surface area contributed by atoms with E-state index in [0.29, 0.717) is 13.1 Å². The molecule has 1 aliphatic rings. The zero-order chi connectivity index (χ0) is 6.53. The van der Waals surface area contributed by atoms with Crippen LogP contribution >= 0.6 is 0 Å². The molecule has 1 fully saturated rings. The number of carbonyl (C=O) groups excluding carboxylic acids is 1. The first kappa shape index (κ1) is 6.51. The number of hydrogen-bond acceptors (Lipinski definition) is 3. The fourth-order valence-corrected chi connectivity index (χ4v) is 0.869. The number of hydrogen-bond donors (Lipinski definition) is 2. The lowest BCUT2D eigenvalue weighted by molar-refractivity contribution is -0.110. The number of carbonyl (C=O) groups is 1. The monoisotopic (exact) mass is 129 g/mol. The number of amides is 1. The third-order valence-electron chi connectivity index (χ3n) is 1.31. The average Bonchev–Trinajstić information content (AvgIpc) is 2.34. The smallest absolute Gasteiger partial charge is 0.208 e. The highest BCUT2D eigenvalue weighted by molar-refractivity contribution is 5.45. The van der Waals surface area contributed by atoms with Gasteiger partial charge in [-0.15, -0.1) is 0 Å². The van der Waals surface area contributed by atoms with Crippen molar-refractivity contribution < 1.29 is 4.79 Å². The molecule has 0 unspecified atom stereocenters. The van der Waals surface area contributed by atoms with Crippen molar-refractivity contribution in [1.29, 1.82) is 0 Å². The van der Waals surface area contributed by atoms with Gasteiger partial charge in [0.05, 0.1) is 6.67 Å². The zero-order valence-electron chi connectivity index (χ0n) is 5.26. The van der Waals surface area contributed by atoms with Gasteiger partial charge in [-0.25, -0.2) is 5.01 Å². The maximum absolute atomic E-state index is 9.80. The molecular formula is C5H11N3O. The van der Waals surface area contributed by atoms with Gasteiger partial charge in [0.15, 0.2) is 0 Å². The van der Waals surface area contributed by atoms with E-state index in [1.54, 1.807) is 0 Å². The molecule has 1 aliphatic heterocycles. The van der Waals surface area contributed by atoms with E-state index >= 15 is 0 Å². The average molecular weight is 129 g/mol. The van der Waals surface area contributed by atoms with E-state index in [1.807, 2.05) is 5.01 Å². The molecule has 0 bridgehead atoms. The summed E-state index contributed by atoms with van der Waals surface area (Å²) in [5.41, 5.74) is 3.10.